The molecule has 0 aliphatic rings. The zero-order valence-corrected chi connectivity index (χ0v) is 14.6. The van der Waals surface area contributed by atoms with E-state index >= 15 is 0 Å². The molecule has 0 saturated heterocycles. The number of benzene rings is 2. The molecule has 0 aliphatic carbocycles. The number of rotatable bonds is 6. The summed E-state index contributed by atoms with van der Waals surface area (Å²) in [5.41, 5.74) is 0.790. The highest BCUT2D eigenvalue weighted by atomic mass is 35.5. The lowest BCUT2D eigenvalue weighted by Crippen LogP contribution is -2.42. The Kier molecular flexibility index (Phi) is 6.05. The number of halogens is 2. The highest BCUT2D eigenvalue weighted by Gasteiger charge is 2.30. The number of carbonyl (C=O) groups excluding carboxylic acids is 1. The Morgan fingerprint density at radius 2 is 1.87 bits per heavy atom. The van der Waals surface area contributed by atoms with Crippen molar-refractivity contribution in [1.29, 1.82) is 0 Å². The average Bonchev–Trinajstić information content (AvgIpc) is 2.59. The van der Waals surface area contributed by atoms with Crippen LogP contribution in [0.1, 0.15) is 29.3 Å². The largest absolute Gasteiger partial charge is 0.372 e. The second-order valence-electron chi connectivity index (χ2n) is 5.22. The molecule has 1 N–H and O–H groups in total. The fourth-order valence-electron chi connectivity index (χ4n) is 2.50. The quantitative estimate of drug-likeness (QED) is 0.820. The molecule has 0 radical (unpaired) electrons. The van der Waals surface area contributed by atoms with Crippen LogP contribution in [0.3, 0.4) is 0 Å². The molecule has 0 saturated carbocycles. The van der Waals surface area contributed by atoms with Crippen molar-refractivity contribution in [2.75, 3.05) is 13.7 Å². The van der Waals surface area contributed by atoms with Crippen LogP contribution in [0.4, 0.5) is 0 Å². The first kappa shape index (κ1) is 17.8. The number of methoxy groups -OCH3 is 1. The van der Waals surface area contributed by atoms with Crippen molar-refractivity contribution < 1.29 is 9.53 Å². The molecular weight excluding hydrogens is 333 g/mol. The summed E-state index contributed by atoms with van der Waals surface area (Å²) < 4.78 is 5.74. The van der Waals surface area contributed by atoms with Crippen LogP contribution in [-0.4, -0.2) is 19.6 Å². The van der Waals surface area contributed by atoms with Gasteiger partial charge in [-0.05, 0) is 30.2 Å². The molecule has 0 spiro atoms. The van der Waals surface area contributed by atoms with Gasteiger partial charge >= 0.3 is 0 Å². The van der Waals surface area contributed by atoms with E-state index in [2.05, 4.69) is 5.32 Å². The Morgan fingerprint density at radius 3 is 2.48 bits per heavy atom. The van der Waals surface area contributed by atoms with E-state index in [9.17, 15) is 4.79 Å². The van der Waals surface area contributed by atoms with Gasteiger partial charge in [0, 0.05) is 12.1 Å². The fraction of sp³-hybridized carbons (Fsp3) is 0.278. The van der Waals surface area contributed by atoms with E-state index in [0.717, 1.165) is 12.0 Å². The maximum atomic E-state index is 12.4. The third-order valence-corrected chi connectivity index (χ3v) is 4.53. The zero-order valence-electron chi connectivity index (χ0n) is 13.1. The molecule has 0 aromatic heterocycles. The molecule has 1 amide bonds. The van der Waals surface area contributed by atoms with Gasteiger partial charge in [0.05, 0.1) is 17.1 Å². The second-order valence-corrected chi connectivity index (χ2v) is 6.07. The lowest BCUT2D eigenvalue weighted by atomic mass is 9.90. The number of nitrogens with one attached hydrogen (secondary N) is 1. The van der Waals surface area contributed by atoms with Gasteiger partial charge in [0.1, 0.15) is 5.60 Å². The molecule has 2 aromatic carbocycles. The first-order valence-electron chi connectivity index (χ1n) is 7.36. The van der Waals surface area contributed by atoms with Gasteiger partial charge in [-0.1, -0.05) is 60.5 Å². The molecule has 23 heavy (non-hydrogen) atoms. The summed E-state index contributed by atoms with van der Waals surface area (Å²) in [6, 6.07) is 14.7. The summed E-state index contributed by atoms with van der Waals surface area (Å²) in [7, 11) is 1.65. The number of amides is 1. The molecule has 0 aliphatic heterocycles. The Labute approximate surface area is 146 Å². The van der Waals surface area contributed by atoms with Crippen molar-refractivity contribution in [3.8, 4) is 0 Å². The van der Waals surface area contributed by atoms with Gasteiger partial charge in [-0.25, -0.2) is 0 Å². The van der Waals surface area contributed by atoms with Crippen LogP contribution in [0.5, 0.6) is 0 Å². The third kappa shape index (κ3) is 4.05. The van der Waals surface area contributed by atoms with E-state index in [-0.39, 0.29) is 5.91 Å². The zero-order chi connectivity index (χ0) is 16.9. The molecule has 0 bridgehead atoms. The van der Waals surface area contributed by atoms with Gasteiger partial charge in [0.2, 0.25) is 0 Å². The molecule has 1 unspecified atom stereocenters. The second kappa shape index (κ2) is 7.82. The molecule has 0 fully saturated rings. The standard InChI is InChI=1S/C18H19Cl2NO2/c1-3-18(23-2,13-7-5-4-6-8-13)12-21-17(22)15-11-14(19)9-10-16(15)20/h4-11H,3,12H2,1-2H3,(H,21,22). The van der Waals surface area contributed by atoms with Gasteiger partial charge in [0.25, 0.3) is 5.91 Å². The first-order chi connectivity index (χ1) is 11.0. The minimum atomic E-state index is -0.581. The SMILES string of the molecule is CCC(CNC(=O)c1cc(Cl)ccc1Cl)(OC)c1ccccc1. The molecular formula is C18H19Cl2NO2. The van der Waals surface area contributed by atoms with Crippen LogP contribution in [0.2, 0.25) is 10.0 Å². The van der Waals surface area contributed by atoms with Crippen LogP contribution in [-0.2, 0) is 10.3 Å². The summed E-state index contributed by atoms with van der Waals surface area (Å²) in [4.78, 5) is 12.4. The lowest BCUT2D eigenvalue weighted by molar-refractivity contribution is -0.0164. The first-order valence-corrected chi connectivity index (χ1v) is 8.12. The maximum Gasteiger partial charge on any atom is 0.252 e. The summed E-state index contributed by atoms with van der Waals surface area (Å²) in [6.07, 6.45) is 0.719. The van der Waals surface area contributed by atoms with Crippen molar-refractivity contribution in [2.45, 2.75) is 18.9 Å². The van der Waals surface area contributed by atoms with E-state index < -0.39 is 5.60 Å². The fourth-order valence-corrected chi connectivity index (χ4v) is 2.87. The monoisotopic (exact) mass is 351 g/mol. The predicted molar refractivity (Wildman–Crippen MR) is 94.2 cm³/mol. The summed E-state index contributed by atoms with van der Waals surface area (Å²) in [5.74, 6) is -0.275. The van der Waals surface area contributed by atoms with Crippen molar-refractivity contribution in [3.05, 3.63) is 69.7 Å². The highest BCUT2D eigenvalue weighted by molar-refractivity contribution is 6.35. The van der Waals surface area contributed by atoms with Gasteiger partial charge in [0.15, 0.2) is 0 Å². The highest BCUT2D eigenvalue weighted by Crippen LogP contribution is 2.28. The maximum absolute atomic E-state index is 12.4. The Balaban J connectivity index is 2.19. The van der Waals surface area contributed by atoms with E-state index in [0.29, 0.717) is 22.2 Å². The molecule has 0 heterocycles. The average molecular weight is 352 g/mol. The summed E-state index contributed by atoms with van der Waals surface area (Å²) in [5, 5.41) is 3.74. The molecule has 3 nitrogen and oxygen atoms in total. The number of carbonyl (C=O) groups is 1. The minimum Gasteiger partial charge on any atom is -0.372 e. The summed E-state index contributed by atoms with van der Waals surface area (Å²) in [6.45, 7) is 2.36. The van der Waals surface area contributed by atoms with E-state index in [1.165, 1.54) is 0 Å². The predicted octanol–water partition coefficient (Wildman–Crippen LogP) is 4.68. The van der Waals surface area contributed by atoms with Crippen LogP contribution >= 0.6 is 23.2 Å². The molecule has 2 aromatic rings. The van der Waals surface area contributed by atoms with E-state index in [1.54, 1.807) is 25.3 Å². The molecule has 2 rings (SSSR count). The molecule has 122 valence electrons. The van der Waals surface area contributed by atoms with Gasteiger partial charge in [-0.3, -0.25) is 4.79 Å². The van der Waals surface area contributed by atoms with Crippen molar-refractivity contribution in [2.24, 2.45) is 0 Å². The van der Waals surface area contributed by atoms with Gasteiger partial charge in [-0.2, -0.15) is 0 Å². The molecule has 5 heteroatoms. The van der Waals surface area contributed by atoms with E-state index in [4.69, 9.17) is 27.9 Å². The topological polar surface area (TPSA) is 38.3 Å². The Bertz CT molecular complexity index is 670. The lowest BCUT2D eigenvalue weighted by Gasteiger charge is -2.32. The van der Waals surface area contributed by atoms with Gasteiger partial charge < -0.3 is 10.1 Å². The van der Waals surface area contributed by atoms with Crippen molar-refractivity contribution >= 4 is 29.1 Å². The smallest absolute Gasteiger partial charge is 0.252 e. The normalized spacial score (nSPS) is 13.4. The Hall–Kier alpha value is -1.55. The Morgan fingerprint density at radius 1 is 1.17 bits per heavy atom. The van der Waals surface area contributed by atoms with Crippen LogP contribution in [0.25, 0.3) is 0 Å². The molecule has 1 atom stereocenters. The van der Waals surface area contributed by atoms with Gasteiger partial charge in [-0.15, -0.1) is 0 Å². The van der Waals surface area contributed by atoms with Crippen LogP contribution in [0.15, 0.2) is 48.5 Å². The van der Waals surface area contributed by atoms with Crippen molar-refractivity contribution in [3.63, 3.8) is 0 Å². The number of hydrogen-bond acceptors (Lipinski definition) is 2. The van der Waals surface area contributed by atoms with Crippen molar-refractivity contribution in [1.82, 2.24) is 5.32 Å². The van der Waals surface area contributed by atoms with Crippen LogP contribution < -0.4 is 5.32 Å². The van der Waals surface area contributed by atoms with E-state index in [1.807, 2.05) is 37.3 Å². The third-order valence-electron chi connectivity index (χ3n) is 3.97. The minimum absolute atomic E-state index is 0.275. The van der Waals surface area contributed by atoms with Crippen LogP contribution in [0, 0.1) is 0 Å². The summed E-state index contributed by atoms with van der Waals surface area (Å²) >= 11 is 12.0. The number of ether oxygens (including phenoxy) is 1. The number of hydrogen-bond donors (Lipinski definition) is 1.